The van der Waals surface area contributed by atoms with Crippen molar-refractivity contribution in [1.82, 2.24) is 15.0 Å². The number of aryl methyl sites for hydroxylation is 1. The van der Waals surface area contributed by atoms with Crippen molar-refractivity contribution >= 4 is 23.5 Å². The first-order chi connectivity index (χ1) is 12.4. The monoisotopic (exact) mass is 379 g/mol. The number of benzene rings is 1. The van der Waals surface area contributed by atoms with Crippen LogP contribution in [-0.4, -0.2) is 46.6 Å². The van der Waals surface area contributed by atoms with E-state index in [-0.39, 0.29) is 24.9 Å². The van der Waals surface area contributed by atoms with Crippen LogP contribution in [0, 0.1) is 0 Å². The molecule has 0 N–H and O–H groups in total. The summed E-state index contributed by atoms with van der Waals surface area (Å²) < 4.78 is 9.86. The Morgan fingerprint density at radius 1 is 1.27 bits per heavy atom. The van der Waals surface area contributed by atoms with Crippen LogP contribution in [0.4, 0.5) is 0 Å². The Kier molecular flexibility index (Phi) is 7.15. The molecule has 0 fully saturated rings. The largest absolute Gasteiger partial charge is 0.468 e. The van der Waals surface area contributed by atoms with Crippen molar-refractivity contribution in [1.29, 1.82) is 0 Å². The molecule has 8 heteroatoms. The molecule has 1 aromatic heterocycles. The predicted molar refractivity (Wildman–Crippen MR) is 96.5 cm³/mol. The van der Waals surface area contributed by atoms with Gasteiger partial charge < -0.3 is 14.2 Å². The van der Waals surface area contributed by atoms with Crippen LogP contribution < -0.4 is 0 Å². The zero-order chi connectivity index (χ0) is 19.1. The summed E-state index contributed by atoms with van der Waals surface area (Å²) in [6, 6.07) is 7.06. The van der Waals surface area contributed by atoms with Crippen molar-refractivity contribution in [2.75, 3.05) is 13.7 Å². The predicted octanol–water partition coefficient (Wildman–Crippen LogP) is 3.12. The highest BCUT2D eigenvalue weighted by Gasteiger charge is 2.20. The van der Waals surface area contributed by atoms with Crippen molar-refractivity contribution in [3.63, 3.8) is 0 Å². The number of hydrogen-bond donors (Lipinski definition) is 0. The molecule has 140 valence electrons. The molecule has 0 aliphatic rings. The third-order valence-corrected chi connectivity index (χ3v) is 4.07. The summed E-state index contributed by atoms with van der Waals surface area (Å²) in [6.45, 7) is 3.67. The molecule has 0 atom stereocenters. The highest BCUT2D eigenvalue weighted by atomic mass is 35.5. The van der Waals surface area contributed by atoms with Crippen LogP contribution in [0.15, 0.2) is 28.8 Å². The lowest BCUT2D eigenvalue weighted by atomic mass is 10.2. The Labute approximate surface area is 157 Å². The third kappa shape index (κ3) is 5.56. The van der Waals surface area contributed by atoms with Gasteiger partial charge in [-0.1, -0.05) is 16.8 Å². The zero-order valence-corrected chi connectivity index (χ0v) is 15.8. The van der Waals surface area contributed by atoms with Crippen molar-refractivity contribution in [3.05, 3.63) is 35.2 Å². The normalized spacial score (nSPS) is 10.8. The van der Waals surface area contributed by atoms with E-state index in [4.69, 9.17) is 16.1 Å². The number of nitrogens with zero attached hydrogens (tertiary/aromatic N) is 3. The molecule has 0 unspecified atom stereocenters. The first-order valence-corrected chi connectivity index (χ1v) is 8.73. The van der Waals surface area contributed by atoms with Crippen LogP contribution in [0.5, 0.6) is 0 Å². The average molecular weight is 380 g/mol. The van der Waals surface area contributed by atoms with E-state index in [9.17, 15) is 9.59 Å². The van der Waals surface area contributed by atoms with E-state index in [1.54, 1.807) is 12.1 Å². The van der Waals surface area contributed by atoms with Crippen LogP contribution in [0.2, 0.25) is 5.02 Å². The number of esters is 1. The molecule has 0 aliphatic carbocycles. The van der Waals surface area contributed by atoms with Crippen molar-refractivity contribution < 1.29 is 18.8 Å². The van der Waals surface area contributed by atoms with Gasteiger partial charge in [0.15, 0.2) is 0 Å². The van der Waals surface area contributed by atoms with Gasteiger partial charge in [0.25, 0.3) is 0 Å². The smallest absolute Gasteiger partial charge is 0.325 e. The minimum Gasteiger partial charge on any atom is -0.468 e. The number of rotatable bonds is 8. The minimum atomic E-state index is -0.434. The molecule has 7 nitrogen and oxygen atoms in total. The third-order valence-electron chi connectivity index (χ3n) is 3.82. The Morgan fingerprint density at radius 3 is 2.58 bits per heavy atom. The minimum absolute atomic E-state index is 0.0473. The molecular formula is C18H22ClN3O4. The highest BCUT2D eigenvalue weighted by Crippen LogP contribution is 2.19. The maximum absolute atomic E-state index is 12.3. The van der Waals surface area contributed by atoms with Gasteiger partial charge in [-0.2, -0.15) is 4.98 Å². The number of ether oxygens (including phenoxy) is 1. The van der Waals surface area contributed by atoms with Crippen molar-refractivity contribution in [2.24, 2.45) is 0 Å². The zero-order valence-electron chi connectivity index (χ0n) is 15.1. The second-order valence-electron chi connectivity index (χ2n) is 6.06. The van der Waals surface area contributed by atoms with Gasteiger partial charge >= 0.3 is 5.97 Å². The molecule has 0 bridgehead atoms. The molecule has 1 aromatic carbocycles. The number of hydrogen-bond acceptors (Lipinski definition) is 6. The lowest BCUT2D eigenvalue weighted by molar-refractivity contribution is -0.148. The summed E-state index contributed by atoms with van der Waals surface area (Å²) in [5.41, 5.74) is 0.810. The van der Waals surface area contributed by atoms with E-state index in [2.05, 4.69) is 14.9 Å². The molecule has 2 aromatic rings. The SMILES string of the molecule is COC(=O)CN(C(=O)CCCc1nc(-c2ccc(Cl)cc2)no1)C(C)C. The second kappa shape index (κ2) is 9.33. The fourth-order valence-electron chi connectivity index (χ4n) is 2.37. The van der Waals surface area contributed by atoms with Crippen LogP contribution in [0.3, 0.4) is 0 Å². The molecule has 26 heavy (non-hydrogen) atoms. The highest BCUT2D eigenvalue weighted by molar-refractivity contribution is 6.30. The Bertz CT molecular complexity index is 743. The van der Waals surface area contributed by atoms with Gasteiger partial charge in [-0.05, 0) is 44.5 Å². The maximum atomic E-state index is 12.3. The second-order valence-corrected chi connectivity index (χ2v) is 6.50. The van der Waals surface area contributed by atoms with E-state index in [0.717, 1.165) is 5.56 Å². The molecule has 0 saturated carbocycles. The van der Waals surface area contributed by atoms with Crippen molar-refractivity contribution in [3.8, 4) is 11.4 Å². The maximum Gasteiger partial charge on any atom is 0.325 e. The summed E-state index contributed by atoms with van der Waals surface area (Å²) in [6.07, 6.45) is 1.32. The summed E-state index contributed by atoms with van der Waals surface area (Å²) in [5, 5.41) is 4.58. The van der Waals surface area contributed by atoms with Crippen LogP contribution >= 0.6 is 11.6 Å². The standard InChI is InChI=1S/C18H22ClN3O4/c1-12(2)22(11-17(24)25-3)16(23)6-4-5-15-20-18(21-26-15)13-7-9-14(19)10-8-13/h7-10,12H,4-6,11H2,1-3H3. The number of halogens is 1. The average Bonchev–Trinajstić information content (AvgIpc) is 3.08. The summed E-state index contributed by atoms with van der Waals surface area (Å²) in [4.78, 5) is 29.6. The quantitative estimate of drug-likeness (QED) is 0.655. The molecule has 0 radical (unpaired) electrons. The number of carbonyl (C=O) groups is 2. The van der Waals surface area contributed by atoms with Crippen LogP contribution in [-0.2, 0) is 20.7 Å². The van der Waals surface area contributed by atoms with Gasteiger partial charge in [0.2, 0.25) is 17.6 Å². The number of aromatic nitrogens is 2. The lowest BCUT2D eigenvalue weighted by Gasteiger charge is -2.25. The number of carbonyl (C=O) groups excluding carboxylic acids is 2. The first-order valence-electron chi connectivity index (χ1n) is 8.35. The van der Waals surface area contributed by atoms with E-state index in [1.807, 2.05) is 26.0 Å². The molecule has 2 rings (SSSR count). The van der Waals surface area contributed by atoms with E-state index < -0.39 is 5.97 Å². The van der Waals surface area contributed by atoms with E-state index >= 15 is 0 Å². The van der Waals surface area contributed by atoms with Gasteiger partial charge in [-0.25, -0.2) is 0 Å². The van der Waals surface area contributed by atoms with E-state index in [0.29, 0.717) is 29.6 Å². The van der Waals surface area contributed by atoms with Gasteiger partial charge in [-0.15, -0.1) is 0 Å². The number of amides is 1. The van der Waals surface area contributed by atoms with Gasteiger partial charge in [0.1, 0.15) is 6.54 Å². The fourth-order valence-corrected chi connectivity index (χ4v) is 2.50. The lowest BCUT2D eigenvalue weighted by Crippen LogP contribution is -2.41. The fraction of sp³-hybridized carbons (Fsp3) is 0.444. The van der Waals surface area contributed by atoms with Crippen LogP contribution in [0.1, 0.15) is 32.6 Å². The van der Waals surface area contributed by atoms with E-state index in [1.165, 1.54) is 12.0 Å². The summed E-state index contributed by atoms with van der Waals surface area (Å²) in [7, 11) is 1.30. The van der Waals surface area contributed by atoms with Crippen molar-refractivity contribution in [2.45, 2.75) is 39.2 Å². The van der Waals surface area contributed by atoms with Crippen LogP contribution in [0.25, 0.3) is 11.4 Å². The Morgan fingerprint density at radius 2 is 1.96 bits per heavy atom. The van der Waals surface area contributed by atoms with Gasteiger partial charge in [0, 0.05) is 29.5 Å². The molecule has 1 heterocycles. The first kappa shape index (κ1) is 19.9. The molecular weight excluding hydrogens is 358 g/mol. The Hall–Kier alpha value is -2.41. The Balaban J connectivity index is 1.88. The van der Waals surface area contributed by atoms with Gasteiger partial charge in [0.05, 0.1) is 7.11 Å². The summed E-state index contributed by atoms with van der Waals surface area (Å²) in [5.74, 6) is 0.406. The molecule has 0 spiro atoms. The van der Waals surface area contributed by atoms with Gasteiger partial charge in [-0.3, -0.25) is 9.59 Å². The molecule has 0 saturated heterocycles. The summed E-state index contributed by atoms with van der Waals surface area (Å²) >= 11 is 5.86. The molecule has 1 amide bonds. The topological polar surface area (TPSA) is 85.5 Å². The molecule has 0 aliphatic heterocycles. The number of methoxy groups -OCH3 is 1.